The SMILES string of the molecule is Cc1ccc(-c2cnc(CC(=O)C3CCC(=O)c4cccn43)s2)o1. The molecule has 3 aromatic rings. The summed E-state index contributed by atoms with van der Waals surface area (Å²) in [5.74, 6) is 1.83. The van der Waals surface area contributed by atoms with E-state index in [1.165, 1.54) is 11.3 Å². The Morgan fingerprint density at radius 2 is 2.29 bits per heavy atom. The molecule has 0 saturated heterocycles. The number of nitrogens with zero attached hydrogens (tertiary/aromatic N) is 2. The summed E-state index contributed by atoms with van der Waals surface area (Å²) in [5, 5.41) is 0.773. The largest absolute Gasteiger partial charge is 0.460 e. The standard InChI is InChI=1S/C18H16N2O3S/c1-11-4-7-16(23-11)17-10-19-18(24-17)9-15(22)13-5-6-14(21)12-3-2-8-20(12)13/h2-4,7-8,10,13H,5-6,9H2,1H3. The van der Waals surface area contributed by atoms with Gasteiger partial charge in [0.15, 0.2) is 11.6 Å². The van der Waals surface area contributed by atoms with E-state index in [9.17, 15) is 9.59 Å². The van der Waals surface area contributed by atoms with E-state index < -0.39 is 0 Å². The van der Waals surface area contributed by atoms with Crippen molar-refractivity contribution >= 4 is 22.9 Å². The second-order valence-corrected chi connectivity index (χ2v) is 7.07. The first-order valence-electron chi connectivity index (χ1n) is 7.86. The Morgan fingerprint density at radius 3 is 3.08 bits per heavy atom. The highest BCUT2D eigenvalue weighted by molar-refractivity contribution is 7.15. The molecule has 4 rings (SSSR count). The summed E-state index contributed by atoms with van der Waals surface area (Å²) >= 11 is 1.47. The van der Waals surface area contributed by atoms with Gasteiger partial charge in [-0.15, -0.1) is 11.3 Å². The summed E-state index contributed by atoms with van der Waals surface area (Å²) in [6.07, 6.45) is 4.83. The topological polar surface area (TPSA) is 65.1 Å². The van der Waals surface area contributed by atoms with Crippen LogP contribution in [0.1, 0.15) is 40.1 Å². The van der Waals surface area contributed by atoms with E-state index in [2.05, 4.69) is 4.98 Å². The summed E-state index contributed by atoms with van der Waals surface area (Å²) in [5.41, 5.74) is 0.630. The number of hydrogen-bond donors (Lipinski definition) is 0. The number of Topliss-reactive ketones (excluding diaryl/α,β-unsaturated/α-hetero) is 2. The maximum absolute atomic E-state index is 12.7. The van der Waals surface area contributed by atoms with Crippen LogP contribution in [0.3, 0.4) is 0 Å². The van der Waals surface area contributed by atoms with Crippen LogP contribution in [-0.2, 0) is 11.2 Å². The average molecular weight is 340 g/mol. The molecule has 0 fully saturated rings. The second-order valence-electron chi connectivity index (χ2n) is 5.95. The molecule has 0 N–H and O–H groups in total. The zero-order valence-corrected chi connectivity index (χ0v) is 14.0. The van der Waals surface area contributed by atoms with E-state index in [0.717, 1.165) is 21.4 Å². The molecule has 1 unspecified atom stereocenters. The fourth-order valence-corrected chi connectivity index (χ4v) is 3.98. The Morgan fingerprint density at radius 1 is 1.42 bits per heavy atom. The molecule has 0 bridgehead atoms. The summed E-state index contributed by atoms with van der Waals surface area (Å²) in [6.45, 7) is 1.90. The lowest BCUT2D eigenvalue weighted by molar-refractivity contribution is -0.121. The van der Waals surface area contributed by atoms with Crippen molar-refractivity contribution in [1.82, 2.24) is 9.55 Å². The van der Waals surface area contributed by atoms with E-state index in [0.29, 0.717) is 18.5 Å². The summed E-state index contributed by atoms with van der Waals surface area (Å²) in [7, 11) is 0. The highest BCUT2D eigenvalue weighted by atomic mass is 32.1. The molecule has 24 heavy (non-hydrogen) atoms. The van der Waals surface area contributed by atoms with Crippen LogP contribution in [0.2, 0.25) is 0 Å². The van der Waals surface area contributed by atoms with Gasteiger partial charge in [0.1, 0.15) is 16.5 Å². The van der Waals surface area contributed by atoms with E-state index >= 15 is 0 Å². The molecule has 0 spiro atoms. The third kappa shape index (κ3) is 2.63. The minimum Gasteiger partial charge on any atom is -0.460 e. The van der Waals surface area contributed by atoms with Crippen LogP contribution in [0, 0.1) is 6.92 Å². The van der Waals surface area contributed by atoms with Gasteiger partial charge in [-0.25, -0.2) is 4.98 Å². The van der Waals surface area contributed by atoms with Gasteiger partial charge in [0.25, 0.3) is 0 Å². The van der Waals surface area contributed by atoms with Crippen molar-refractivity contribution in [3.8, 4) is 10.6 Å². The third-order valence-electron chi connectivity index (χ3n) is 4.28. The van der Waals surface area contributed by atoms with Gasteiger partial charge in [-0.2, -0.15) is 0 Å². The fraction of sp³-hybridized carbons (Fsp3) is 0.278. The highest BCUT2D eigenvalue weighted by Crippen LogP contribution is 2.30. The van der Waals surface area contributed by atoms with Crippen molar-refractivity contribution in [2.75, 3.05) is 0 Å². The van der Waals surface area contributed by atoms with Gasteiger partial charge in [-0.3, -0.25) is 9.59 Å². The number of carbonyl (C=O) groups is 2. The molecular formula is C18H16N2O3S. The molecular weight excluding hydrogens is 324 g/mol. The first kappa shape index (κ1) is 15.1. The van der Waals surface area contributed by atoms with Crippen LogP contribution >= 0.6 is 11.3 Å². The van der Waals surface area contributed by atoms with Crippen molar-refractivity contribution in [2.24, 2.45) is 0 Å². The fourth-order valence-electron chi connectivity index (χ4n) is 3.09. The number of carbonyl (C=O) groups excluding carboxylic acids is 2. The van der Waals surface area contributed by atoms with E-state index in [1.807, 2.05) is 31.3 Å². The summed E-state index contributed by atoms with van der Waals surface area (Å²) in [6, 6.07) is 7.15. The normalized spacial score (nSPS) is 17.0. The molecule has 5 nitrogen and oxygen atoms in total. The maximum atomic E-state index is 12.7. The Hall–Kier alpha value is -2.47. The van der Waals surface area contributed by atoms with Gasteiger partial charge in [0.2, 0.25) is 0 Å². The lowest BCUT2D eigenvalue weighted by Crippen LogP contribution is -2.28. The Kier molecular flexibility index (Phi) is 3.69. The minimum atomic E-state index is -0.272. The van der Waals surface area contributed by atoms with E-state index in [1.54, 1.807) is 16.8 Å². The zero-order valence-electron chi connectivity index (χ0n) is 13.2. The van der Waals surface area contributed by atoms with Crippen molar-refractivity contribution in [1.29, 1.82) is 0 Å². The molecule has 0 amide bonds. The summed E-state index contributed by atoms with van der Waals surface area (Å²) in [4.78, 5) is 29.9. The molecule has 122 valence electrons. The number of furan rings is 1. The minimum absolute atomic E-state index is 0.0940. The number of hydrogen-bond acceptors (Lipinski definition) is 5. The van der Waals surface area contributed by atoms with E-state index in [-0.39, 0.29) is 24.0 Å². The van der Waals surface area contributed by atoms with Gasteiger partial charge in [-0.05, 0) is 37.6 Å². The number of fused-ring (bicyclic) bond motifs is 1. The average Bonchev–Trinajstić information content (AvgIpc) is 3.27. The number of aryl methyl sites for hydroxylation is 1. The molecule has 6 heteroatoms. The van der Waals surface area contributed by atoms with Crippen LogP contribution in [-0.4, -0.2) is 21.1 Å². The predicted molar refractivity (Wildman–Crippen MR) is 90.3 cm³/mol. The molecule has 4 heterocycles. The monoisotopic (exact) mass is 340 g/mol. The highest BCUT2D eigenvalue weighted by Gasteiger charge is 2.29. The van der Waals surface area contributed by atoms with Gasteiger partial charge < -0.3 is 8.98 Å². The van der Waals surface area contributed by atoms with Gasteiger partial charge >= 0.3 is 0 Å². The van der Waals surface area contributed by atoms with Gasteiger partial charge in [0.05, 0.1) is 23.0 Å². The smallest absolute Gasteiger partial charge is 0.179 e. The van der Waals surface area contributed by atoms with Crippen LogP contribution < -0.4 is 0 Å². The molecule has 1 aliphatic heterocycles. The molecule has 3 aromatic heterocycles. The Balaban J connectivity index is 1.52. The molecule has 0 aromatic carbocycles. The molecule has 1 aliphatic rings. The predicted octanol–water partition coefficient (Wildman–Crippen LogP) is 3.84. The van der Waals surface area contributed by atoms with Gasteiger partial charge in [0, 0.05) is 18.8 Å². The second kappa shape index (κ2) is 5.87. The third-order valence-corrected chi connectivity index (χ3v) is 5.29. The quantitative estimate of drug-likeness (QED) is 0.724. The maximum Gasteiger partial charge on any atom is 0.179 e. The van der Waals surface area contributed by atoms with Crippen molar-refractivity contribution in [3.63, 3.8) is 0 Å². The van der Waals surface area contributed by atoms with Crippen LogP contribution in [0.25, 0.3) is 10.6 Å². The van der Waals surface area contributed by atoms with Crippen molar-refractivity contribution < 1.29 is 14.0 Å². The number of thiazole rings is 1. The molecule has 0 radical (unpaired) electrons. The number of rotatable bonds is 4. The molecule has 0 aliphatic carbocycles. The first-order valence-corrected chi connectivity index (χ1v) is 8.68. The van der Waals surface area contributed by atoms with Crippen LogP contribution in [0.15, 0.2) is 41.1 Å². The molecule has 1 atom stereocenters. The Labute approximate surface area is 142 Å². The van der Waals surface area contributed by atoms with Gasteiger partial charge in [-0.1, -0.05) is 0 Å². The lowest BCUT2D eigenvalue weighted by atomic mass is 9.97. The zero-order chi connectivity index (χ0) is 16.7. The van der Waals surface area contributed by atoms with E-state index in [4.69, 9.17) is 4.42 Å². The van der Waals surface area contributed by atoms with Crippen molar-refractivity contribution in [3.05, 3.63) is 53.1 Å². The van der Waals surface area contributed by atoms with Crippen molar-refractivity contribution in [2.45, 2.75) is 32.2 Å². The lowest BCUT2D eigenvalue weighted by Gasteiger charge is -2.24. The number of ketones is 2. The number of aromatic nitrogens is 2. The van der Waals surface area contributed by atoms with Crippen LogP contribution in [0.5, 0.6) is 0 Å². The summed E-state index contributed by atoms with van der Waals surface area (Å²) < 4.78 is 7.40. The molecule has 0 saturated carbocycles. The Bertz CT molecular complexity index is 918. The van der Waals surface area contributed by atoms with Crippen LogP contribution in [0.4, 0.5) is 0 Å². The first-order chi connectivity index (χ1) is 11.6.